The number of benzene rings is 2. The summed E-state index contributed by atoms with van der Waals surface area (Å²) in [6.07, 6.45) is 0. The van der Waals surface area contributed by atoms with Gasteiger partial charge in [-0.25, -0.2) is 0 Å². The summed E-state index contributed by atoms with van der Waals surface area (Å²) in [5.41, 5.74) is 1.91. The van der Waals surface area contributed by atoms with Gasteiger partial charge in [0.2, 0.25) is 0 Å². The van der Waals surface area contributed by atoms with Crippen molar-refractivity contribution in [1.29, 1.82) is 0 Å². The van der Waals surface area contributed by atoms with Crippen molar-refractivity contribution in [2.75, 3.05) is 6.54 Å². The van der Waals surface area contributed by atoms with Crippen molar-refractivity contribution in [2.24, 2.45) is 0 Å². The maximum atomic E-state index is 6.31. The average molecular weight is 349 g/mol. The van der Waals surface area contributed by atoms with Crippen molar-refractivity contribution in [1.82, 2.24) is 5.32 Å². The molecule has 0 saturated heterocycles. The molecule has 1 N–H and O–H groups in total. The quantitative estimate of drug-likeness (QED) is 0.714. The summed E-state index contributed by atoms with van der Waals surface area (Å²) in [6.45, 7) is 2.82. The van der Waals surface area contributed by atoms with E-state index in [9.17, 15) is 0 Å². The molecule has 0 spiro atoms. The van der Waals surface area contributed by atoms with Crippen LogP contribution in [0.3, 0.4) is 0 Å². The molecule has 5 heteroatoms. The summed E-state index contributed by atoms with van der Waals surface area (Å²) in [5, 5.41) is 5.52. The minimum atomic E-state index is -0.0824. The van der Waals surface area contributed by atoms with Crippen LogP contribution in [0, 0.1) is 0 Å². The molecule has 106 valence electrons. The summed E-state index contributed by atoms with van der Waals surface area (Å²) in [4.78, 5) is 0. The Labute approximate surface area is 138 Å². The third kappa shape index (κ3) is 3.41. The fourth-order valence-corrected chi connectivity index (χ4v) is 2.77. The lowest BCUT2D eigenvalue weighted by Gasteiger charge is -2.21. The van der Waals surface area contributed by atoms with Gasteiger partial charge in [-0.15, -0.1) is 0 Å². The first-order chi connectivity index (χ1) is 9.54. The standard InChI is InChI=1S/C15H13Cl4N/c1-2-20-15(9-6-7-11(16)13(18)8-9)10-4-3-5-12(17)14(10)19/h3-8,15,20H,2H2,1H3. The van der Waals surface area contributed by atoms with Gasteiger partial charge < -0.3 is 5.32 Å². The van der Waals surface area contributed by atoms with Gasteiger partial charge in [0.25, 0.3) is 0 Å². The van der Waals surface area contributed by atoms with E-state index in [1.165, 1.54) is 0 Å². The Morgan fingerprint density at radius 2 is 1.70 bits per heavy atom. The summed E-state index contributed by atoms with van der Waals surface area (Å²) < 4.78 is 0. The zero-order valence-electron chi connectivity index (χ0n) is 10.8. The Bertz CT molecular complexity index is 613. The molecule has 0 aromatic heterocycles. The van der Waals surface area contributed by atoms with Crippen LogP contribution in [0.25, 0.3) is 0 Å². The van der Waals surface area contributed by atoms with E-state index in [0.717, 1.165) is 17.7 Å². The first-order valence-corrected chi connectivity index (χ1v) is 7.68. The summed E-state index contributed by atoms with van der Waals surface area (Å²) in [7, 11) is 0. The maximum Gasteiger partial charge on any atom is 0.0643 e. The van der Waals surface area contributed by atoms with E-state index >= 15 is 0 Å². The molecule has 1 nitrogen and oxygen atoms in total. The monoisotopic (exact) mass is 347 g/mol. The van der Waals surface area contributed by atoms with Crippen LogP contribution in [-0.4, -0.2) is 6.54 Å². The fourth-order valence-electron chi connectivity index (χ4n) is 2.05. The molecule has 2 aromatic rings. The highest BCUT2D eigenvalue weighted by molar-refractivity contribution is 6.42. The van der Waals surface area contributed by atoms with Crippen molar-refractivity contribution < 1.29 is 0 Å². The number of hydrogen-bond acceptors (Lipinski definition) is 1. The zero-order chi connectivity index (χ0) is 14.7. The third-order valence-corrected chi connectivity index (χ3v) is 4.55. The summed E-state index contributed by atoms with van der Waals surface area (Å²) >= 11 is 24.5. The molecule has 0 radical (unpaired) electrons. The van der Waals surface area contributed by atoms with E-state index < -0.39 is 0 Å². The normalized spacial score (nSPS) is 12.4. The fraction of sp³-hybridized carbons (Fsp3) is 0.200. The molecule has 0 fully saturated rings. The molecule has 1 unspecified atom stereocenters. The lowest BCUT2D eigenvalue weighted by atomic mass is 9.98. The molecule has 0 heterocycles. The van der Waals surface area contributed by atoms with E-state index in [1.54, 1.807) is 12.1 Å². The molecule has 2 aromatic carbocycles. The number of halogens is 4. The first kappa shape index (κ1) is 15.9. The van der Waals surface area contributed by atoms with E-state index in [-0.39, 0.29) is 6.04 Å². The second-order valence-electron chi connectivity index (χ2n) is 4.31. The summed E-state index contributed by atoms with van der Waals surface area (Å²) in [5.74, 6) is 0. The van der Waals surface area contributed by atoms with Crippen LogP contribution in [0.4, 0.5) is 0 Å². The highest BCUT2D eigenvalue weighted by Crippen LogP contribution is 2.35. The minimum Gasteiger partial charge on any atom is -0.306 e. The maximum absolute atomic E-state index is 6.31. The van der Waals surface area contributed by atoms with Crippen LogP contribution in [0.2, 0.25) is 20.1 Å². The van der Waals surface area contributed by atoms with E-state index in [2.05, 4.69) is 5.32 Å². The molecule has 0 bridgehead atoms. The lowest BCUT2D eigenvalue weighted by Crippen LogP contribution is -2.22. The highest BCUT2D eigenvalue weighted by atomic mass is 35.5. The second kappa shape index (κ2) is 7.02. The molecule has 0 aliphatic heterocycles. The number of hydrogen-bond donors (Lipinski definition) is 1. The molecule has 0 saturated carbocycles. The van der Waals surface area contributed by atoms with E-state index in [1.807, 2.05) is 31.2 Å². The SMILES string of the molecule is CCNC(c1ccc(Cl)c(Cl)c1)c1cccc(Cl)c1Cl. The summed E-state index contributed by atoms with van der Waals surface area (Å²) in [6, 6.07) is 11.1. The first-order valence-electron chi connectivity index (χ1n) is 6.16. The molecular formula is C15H13Cl4N. The number of nitrogens with one attached hydrogen (secondary N) is 1. The van der Waals surface area contributed by atoms with Crippen molar-refractivity contribution in [2.45, 2.75) is 13.0 Å². The highest BCUT2D eigenvalue weighted by Gasteiger charge is 2.18. The van der Waals surface area contributed by atoms with Crippen LogP contribution in [-0.2, 0) is 0 Å². The van der Waals surface area contributed by atoms with Crippen molar-refractivity contribution in [3.05, 3.63) is 67.6 Å². The van der Waals surface area contributed by atoms with Gasteiger partial charge in [0.1, 0.15) is 0 Å². The Hall–Kier alpha value is -0.440. The van der Waals surface area contributed by atoms with Gasteiger partial charge in [0.05, 0.1) is 26.1 Å². The van der Waals surface area contributed by atoms with Crippen LogP contribution in [0.5, 0.6) is 0 Å². The Morgan fingerprint density at radius 1 is 0.950 bits per heavy atom. The predicted octanol–water partition coefficient (Wildman–Crippen LogP) is 6.00. The van der Waals surface area contributed by atoms with Gasteiger partial charge in [0.15, 0.2) is 0 Å². The predicted molar refractivity (Wildman–Crippen MR) is 88.4 cm³/mol. The zero-order valence-corrected chi connectivity index (χ0v) is 13.8. The Morgan fingerprint density at radius 3 is 2.35 bits per heavy atom. The smallest absolute Gasteiger partial charge is 0.0643 e. The largest absolute Gasteiger partial charge is 0.306 e. The van der Waals surface area contributed by atoms with Gasteiger partial charge >= 0.3 is 0 Å². The minimum absolute atomic E-state index is 0.0824. The molecule has 20 heavy (non-hydrogen) atoms. The molecule has 1 atom stereocenters. The van der Waals surface area contributed by atoms with Crippen LogP contribution in [0.1, 0.15) is 24.1 Å². The topological polar surface area (TPSA) is 12.0 Å². The van der Waals surface area contributed by atoms with Crippen molar-refractivity contribution in [3.8, 4) is 0 Å². The Kier molecular flexibility index (Phi) is 5.59. The molecule has 2 rings (SSSR count). The Balaban J connectivity index is 2.50. The van der Waals surface area contributed by atoms with Gasteiger partial charge in [0, 0.05) is 0 Å². The van der Waals surface area contributed by atoms with E-state index in [0.29, 0.717) is 20.1 Å². The van der Waals surface area contributed by atoms with Crippen LogP contribution in [0.15, 0.2) is 36.4 Å². The van der Waals surface area contributed by atoms with Crippen LogP contribution >= 0.6 is 46.4 Å². The molecular weight excluding hydrogens is 336 g/mol. The van der Waals surface area contributed by atoms with Gasteiger partial charge in [-0.2, -0.15) is 0 Å². The molecule has 0 aliphatic rings. The van der Waals surface area contributed by atoms with Gasteiger partial charge in [-0.05, 0) is 35.9 Å². The third-order valence-electron chi connectivity index (χ3n) is 2.98. The van der Waals surface area contributed by atoms with Crippen LogP contribution < -0.4 is 5.32 Å². The average Bonchev–Trinajstić information content (AvgIpc) is 2.43. The van der Waals surface area contributed by atoms with Crippen molar-refractivity contribution >= 4 is 46.4 Å². The lowest BCUT2D eigenvalue weighted by molar-refractivity contribution is 0.631. The molecule has 0 aliphatic carbocycles. The molecule has 0 amide bonds. The van der Waals surface area contributed by atoms with E-state index in [4.69, 9.17) is 46.4 Å². The second-order valence-corrected chi connectivity index (χ2v) is 5.91. The van der Waals surface area contributed by atoms with Crippen molar-refractivity contribution in [3.63, 3.8) is 0 Å². The van der Waals surface area contributed by atoms with Gasteiger partial charge in [-0.1, -0.05) is 71.5 Å². The van der Waals surface area contributed by atoms with Gasteiger partial charge in [-0.3, -0.25) is 0 Å². The number of rotatable bonds is 4.